The second-order valence-corrected chi connectivity index (χ2v) is 6.28. The van der Waals surface area contributed by atoms with Crippen LogP contribution < -0.4 is 10.1 Å². The van der Waals surface area contributed by atoms with Crippen LogP contribution in [0.4, 0.5) is 4.79 Å². The standard InChI is InChI=1S/C16H22ClNO5/c1-10-8-11(14(19)21-5)9-12(17)13(10)22-7-6-18-15(20)23-16(2,3)4/h8-9H,6-7H2,1-5H3,(H,18,20). The first kappa shape index (κ1) is 19.1. The van der Waals surface area contributed by atoms with Crippen molar-refractivity contribution >= 4 is 23.7 Å². The molecule has 0 radical (unpaired) electrons. The molecule has 1 rings (SSSR count). The molecule has 0 aliphatic heterocycles. The van der Waals surface area contributed by atoms with Crippen LogP contribution in [0.15, 0.2) is 12.1 Å². The molecular weight excluding hydrogens is 322 g/mol. The number of benzene rings is 1. The van der Waals surface area contributed by atoms with Crippen LogP contribution in [0, 0.1) is 6.92 Å². The summed E-state index contributed by atoms with van der Waals surface area (Å²) in [6, 6.07) is 3.12. The van der Waals surface area contributed by atoms with Gasteiger partial charge in [-0.25, -0.2) is 9.59 Å². The summed E-state index contributed by atoms with van der Waals surface area (Å²) < 4.78 is 15.3. The van der Waals surface area contributed by atoms with Gasteiger partial charge in [-0.1, -0.05) is 11.6 Å². The van der Waals surface area contributed by atoms with Gasteiger partial charge in [0.05, 0.1) is 24.2 Å². The largest absolute Gasteiger partial charge is 0.490 e. The molecule has 0 aliphatic rings. The zero-order valence-electron chi connectivity index (χ0n) is 14.0. The Balaban J connectivity index is 2.56. The molecule has 0 aromatic heterocycles. The number of carbonyl (C=O) groups excluding carboxylic acids is 2. The number of ether oxygens (including phenoxy) is 3. The Labute approximate surface area is 141 Å². The van der Waals surface area contributed by atoms with Gasteiger partial charge in [0.25, 0.3) is 0 Å². The molecule has 0 atom stereocenters. The summed E-state index contributed by atoms with van der Waals surface area (Å²) in [4.78, 5) is 23.0. The molecule has 0 fully saturated rings. The first-order valence-electron chi connectivity index (χ1n) is 7.12. The minimum absolute atomic E-state index is 0.220. The molecule has 1 amide bonds. The molecule has 0 aliphatic carbocycles. The lowest BCUT2D eigenvalue weighted by atomic mass is 10.1. The third-order valence-electron chi connectivity index (χ3n) is 2.67. The molecule has 23 heavy (non-hydrogen) atoms. The van der Waals surface area contributed by atoms with E-state index >= 15 is 0 Å². The fraction of sp³-hybridized carbons (Fsp3) is 0.500. The van der Waals surface area contributed by atoms with Crippen LogP contribution in [-0.4, -0.2) is 37.9 Å². The average molecular weight is 344 g/mol. The Hall–Kier alpha value is -1.95. The van der Waals surface area contributed by atoms with Crippen molar-refractivity contribution in [1.82, 2.24) is 5.32 Å². The summed E-state index contributed by atoms with van der Waals surface area (Å²) in [6.45, 7) is 7.62. The monoisotopic (exact) mass is 343 g/mol. The number of aryl methyl sites for hydroxylation is 1. The second kappa shape index (κ2) is 8.06. The van der Waals surface area contributed by atoms with Gasteiger partial charge in [-0.05, 0) is 45.4 Å². The predicted octanol–water partition coefficient (Wildman–Crippen LogP) is 3.34. The zero-order valence-corrected chi connectivity index (χ0v) is 14.7. The molecule has 7 heteroatoms. The minimum atomic E-state index is -0.547. The molecule has 0 spiro atoms. The SMILES string of the molecule is COC(=O)c1cc(C)c(OCCNC(=O)OC(C)(C)C)c(Cl)c1. The molecule has 6 nitrogen and oxygen atoms in total. The van der Waals surface area contributed by atoms with Crippen LogP contribution in [0.1, 0.15) is 36.7 Å². The quantitative estimate of drug-likeness (QED) is 0.655. The Bertz CT molecular complexity index is 557. The average Bonchev–Trinajstić information content (AvgIpc) is 2.42. The number of halogens is 1. The van der Waals surface area contributed by atoms with Gasteiger partial charge < -0.3 is 19.5 Å². The van der Waals surface area contributed by atoms with Gasteiger partial charge in [0.1, 0.15) is 18.0 Å². The maximum absolute atomic E-state index is 11.5. The summed E-state index contributed by atoms with van der Waals surface area (Å²) in [7, 11) is 1.30. The highest BCUT2D eigenvalue weighted by molar-refractivity contribution is 6.32. The Morgan fingerprint density at radius 1 is 1.26 bits per heavy atom. The van der Waals surface area contributed by atoms with Crippen molar-refractivity contribution in [2.75, 3.05) is 20.3 Å². The van der Waals surface area contributed by atoms with Crippen molar-refractivity contribution in [3.05, 3.63) is 28.3 Å². The number of nitrogens with one attached hydrogen (secondary N) is 1. The van der Waals surface area contributed by atoms with E-state index in [2.05, 4.69) is 10.1 Å². The molecule has 0 saturated carbocycles. The maximum atomic E-state index is 11.5. The van der Waals surface area contributed by atoms with Crippen LogP contribution in [0.2, 0.25) is 5.02 Å². The highest BCUT2D eigenvalue weighted by Crippen LogP contribution is 2.30. The van der Waals surface area contributed by atoms with E-state index < -0.39 is 17.7 Å². The smallest absolute Gasteiger partial charge is 0.407 e. The second-order valence-electron chi connectivity index (χ2n) is 5.87. The van der Waals surface area contributed by atoms with Crippen molar-refractivity contribution < 1.29 is 23.8 Å². The fourth-order valence-electron chi connectivity index (χ4n) is 1.77. The third-order valence-corrected chi connectivity index (χ3v) is 2.95. The van der Waals surface area contributed by atoms with Crippen LogP contribution in [0.25, 0.3) is 0 Å². The Morgan fingerprint density at radius 2 is 1.91 bits per heavy atom. The summed E-state index contributed by atoms with van der Waals surface area (Å²) in [5, 5.41) is 2.89. The summed E-state index contributed by atoms with van der Waals surface area (Å²) in [5.41, 5.74) is 0.513. The van der Waals surface area contributed by atoms with E-state index in [0.29, 0.717) is 21.9 Å². The lowest BCUT2D eigenvalue weighted by molar-refractivity contribution is 0.0518. The first-order valence-corrected chi connectivity index (χ1v) is 7.50. The normalized spacial score (nSPS) is 10.9. The minimum Gasteiger partial charge on any atom is -0.490 e. The first-order chi connectivity index (χ1) is 10.6. The van der Waals surface area contributed by atoms with Gasteiger partial charge >= 0.3 is 12.1 Å². The van der Waals surface area contributed by atoms with Gasteiger partial charge in [0.2, 0.25) is 0 Å². The molecule has 1 aromatic carbocycles. The van der Waals surface area contributed by atoms with Crippen molar-refractivity contribution in [3.8, 4) is 5.75 Å². The topological polar surface area (TPSA) is 73.9 Å². The van der Waals surface area contributed by atoms with Gasteiger partial charge in [-0.3, -0.25) is 0 Å². The number of esters is 1. The van der Waals surface area contributed by atoms with E-state index in [0.717, 1.165) is 0 Å². The Morgan fingerprint density at radius 3 is 2.43 bits per heavy atom. The lowest BCUT2D eigenvalue weighted by Crippen LogP contribution is -2.34. The van der Waals surface area contributed by atoms with Gasteiger partial charge in [0, 0.05) is 0 Å². The van der Waals surface area contributed by atoms with Gasteiger partial charge in [-0.15, -0.1) is 0 Å². The van der Waals surface area contributed by atoms with E-state index in [-0.39, 0.29) is 13.2 Å². The van der Waals surface area contributed by atoms with E-state index in [1.165, 1.54) is 13.2 Å². The number of hydrogen-bond acceptors (Lipinski definition) is 5. The molecule has 1 aromatic rings. The predicted molar refractivity (Wildman–Crippen MR) is 87.3 cm³/mol. The van der Waals surface area contributed by atoms with Gasteiger partial charge in [-0.2, -0.15) is 0 Å². The van der Waals surface area contributed by atoms with Crippen molar-refractivity contribution in [1.29, 1.82) is 0 Å². The summed E-state index contributed by atoms with van der Waals surface area (Å²) in [6.07, 6.45) is -0.509. The molecule has 0 unspecified atom stereocenters. The van der Waals surface area contributed by atoms with Crippen molar-refractivity contribution in [2.24, 2.45) is 0 Å². The molecular formula is C16H22ClNO5. The maximum Gasteiger partial charge on any atom is 0.407 e. The molecule has 0 bridgehead atoms. The van der Waals surface area contributed by atoms with Crippen molar-refractivity contribution in [2.45, 2.75) is 33.3 Å². The fourth-order valence-corrected chi connectivity index (χ4v) is 2.09. The number of alkyl carbamates (subject to hydrolysis) is 1. The highest BCUT2D eigenvalue weighted by atomic mass is 35.5. The van der Waals surface area contributed by atoms with Gasteiger partial charge in [0.15, 0.2) is 0 Å². The van der Waals surface area contributed by atoms with Crippen LogP contribution in [-0.2, 0) is 9.47 Å². The number of hydrogen-bond donors (Lipinski definition) is 1. The van der Waals surface area contributed by atoms with E-state index in [9.17, 15) is 9.59 Å². The van der Waals surface area contributed by atoms with Crippen LogP contribution in [0.5, 0.6) is 5.75 Å². The summed E-state index contributed by atoms with van der Waals surface area (Å²) in [5.74, 6) is -0.00143. The number of amides is 1. The lowest BCUT2D eigenvalue weighted by Gasteiger charge is -2.19. The molecule has 0 heterocycles. The van der Waals surface area contributed by atoms with E-state index in [4.69, 9.17) is 21.1 Å². The van der Waals surface area contributed by atoms with Crippen molar-refractivity contribution in [3.63, 3.8) is 0 Å². The molecule has 1 N–H and O–H groups in total. The summed E-state index contributed by atoms with van der Waals surface area (Å²) >= 11 is 6.12. The molecule has 128 valence electrons. The highest BCUT2D eigenvalue weighted by Gasteiger charge is 2.16. The Kier molecular flexibility index (Phi) is 6.69. The van der Waals surface area contributed by atoms with Crippen LogP contribution in [0.3, 0.4) is 0 Å². The molecule has 0 saturated heterocycles. The third kappa shape index (κ3) is 6.36. The van der Waals surface area contributed by atoms with E-state index in [1.807, 2.05) is 0 Å². The van der Waals surface area contributed by atoms with E-state index in [1.54, 1.807) is 33.8 Å². The number of rotatable bonds is 5. The number of carbonyl (C=O) groups is 2. The zero-order chi connectivity index (χ0) is 17.6. The number of methoxy groups -OCH3 is 1. The van der Waals surface area contributed by atoms with Crippen LogP contribution >= 0.6 is 11.6 Å².